The Balaban J connectivity index is 3.33. The van der Waals surface area contributed by atoms with Crippen LogP contribution in [-0.2, 0) is 6.54 Å². The van der Waals surface area contributed by atoms with E-state index >= 15 is 0 Å². The zero-order chi connectivity index (χ0) is 15.3. The van der Waals surface area contributed by atoms with Gasteiger partial charge in [0.15, 0.2) is 5.75 Å². The van der Waals surface area contributed by atoms with E-state index < -0.39 is 0 Å². The van der Waals surface area contributed by atoms with Crippen molar-refractivity contribution in [2.24, 2.45) is 0 Å². The lowest BCUT2D eigenvalue weighted by Gasteiger charge is -2.42. The maximum Gasteiger partial charge on any atom is 0.161 e. The van der Waals surface area contributed by atoms with Crippen molar-refractivity contribution >= 4 is 0 Å². The van der Waals surface area contributed by atoms with Crippen LogP contribution >= 0.6 is 0 Å². The second-order valence-electron chi connectivity index (χ2n) is 5.65. The van der Waals surface area contributed by atoms with Gasteiger partial charge in [-0.25, -0.2) is 0 Å². The maximum absolute atomic E-state index is 5.53. The third-order valence-corrected chi connectivity index (χ3v) is 4.42. The molecule has 116 valence electrons. The summed E-state index contributed by atoms with van der Waals surface area (Å²) in [5.41, 5.74) is 1.13. The highest BCUT2D eigenvalue weighted by atomic mass is 16.5. The largest absolute Gasteiger partial charge is 0.493 e. The molecule has 1 aromatic heterocycles. The molecule has 0 saturated carbocycles. The Kier molecular flexibility index (Phi) is 6.02. The molecule has 0 radical (unpaired) electrons. The van der Waals surface area contributed by atoms with Crippen LogP contribution in [0.5, 0.6) is 5.75 Å². The van der Waals surface area contributed by atoms with E-state index in [1.807, 2.05) is 13.2 Å². The van der Waals surface area contributed by atoms with Crippen molar-refractivity contribution in [2.75, 3.05) is 28.3 Å². The molecule has 0 aliphatic carbocycles. The molecule has 20 heavy (non-hydrogen) atoms. The predicted molar refractivity (Wildman–Crippen MR) is 83.3 cm³/mol. The molecule has 0 spiro atoms. The number of rotatable bonds is 8. The number of hydrogen-bond donors (Lipinski definition) is 1. The Labute approximate surface area is 123 Å². The van der Waals surface area contributed by atoms with E-state index in [4.69, 9.17) is 4.74 Å². The second-order valence-corrected chi connectivity index (χ2v) is 5.65. The number of nitrogens with one attached hydrogen (secondary N) is 1. The molecule has 0 amide bonds. The van der Waals surface area contributed by atoms with Gasteiger partial charge in [0.2, 0.25) is 0 Å². The molecule has 0 saturated heterocycles. The summed E-state index contributed by atoms with van der Waals surface area (Å²) in [7, 11) is 7.97. The topological polar surface area (TPSA) is 42.3 Å². The number of ether oxygens (including phenoxy) is 1. The Morgan fingerprint density at radius 3 is 2.50 bits per heavy atom. The highest BCUT2D eigenvalue weighted by Gasteiger charge is 2.38. The van der Waals surface area contributed by atoms with E-state index in [9.17, 15) is 0 Å². The minimum atomic E-state index is -0.00639. The third kappa shape index (κ3) is 2.99. The molecule has 2 unspecified atom stereocenters. The Morgan fingerprint density at radius 2 is 2.10 bits per heavy atom. The molecule has 1 N–H and O–H groups in total. The lowest BCUT2D eigenvalue weighted by Crippen LogP contribution is -2.51. The normalized spacial score (nSPS) is 16.2. The van der Waals surface area contributed by atoms with Crippen molar-refractivity contribution in [1.82, 2.24) is 20.0 Å². The average molecular weight is 282 g/mol. The van der Waals surface area contributed by atoms with Gasteiger partial charge < -0.3 is 15.0 Å². The van der Waals surface area contributed by atoms with E-state index in [1.54, 1.807) is 7.11 Å². The van der Waals surface area contributed by atoms with Gasteiger partial charge in [0.25, 0.3) is 0 Å². The monoisotopic (exact) mass is 282 g/mol. The Morgan fingerprint density at radius 1 is 1.45 bits per heavy atom. The van der Waals surface area contributed by atoms with Crippen LogP contribution in [-0.4, -0.2) is 48.5 Å². The number of nitrogens with zero attached hydrogens (tertiary/aromatic N) is 3. The van der Waals surface area contributed by atoms with Gasteiger partial charge in [0.05, 0.1) is 25.0 Å². The van der Waals surface area contributed by atoms with Gasteiger partial charge >= 0.3 is 0 Å². The summed E-state index contributed by atoms with van der Waals surface area (Å²) in [4.78, 5) is 2.27. The van der Waals surface area contributed by atoms with Gasteiger partial charge in [0.1, 0.15) is 0 Å². The van der Waals surface area contributed by atoms with Crippen LogP contribution in [0.15, 0.2) is 6.20 Å². The molecule has 0 aliphatic rings. The maximum atomic E-state index is 5.53. The fourth-order valence-corrected chi connectivity index (χ4v) is 2.74. The Bertz CT molecular complexity index is 416. The van der Waals surface area contributed by atoms with Gasteiger partial charge in [-0.2, -0.15) is 5.10 Å². The van der Waals surface area contributed by atoms with Gasteiger partial charge in [-0.1, -0.05) is 13.8 Å². The molecular formula is C15H30N4O. The standard InChI is InChI=1S/C15H30N4O/c1-8-10-19-13(12(20-7)11-17-19)14(16-4)15(3,9-2)18(5)6/h11,14,16H,8-10H2,1-7H3. The van der Waals surface area contributed by atoms with E-state index in [1.165, 1.54) is 0 Å². The molecule has 5 nitrogen and oxygen atoms in total. The number of hydrogen-bond acceptors (Lipinski definition) is 4. The minimum absolute atomic E-state index is 0.00639. The summed E-state index contributed by atoms with van der Waals surface area (Å²) >= 11 is 0. The summed E-state index contributed by atoms with van der Waals surface area (Å²) in [5.74, 6) is 0.860. The first-order valence-electron chi connectivity index (χ1n) is 7.40. The smallest absolute Gasteiger partial charge is 0.161 e. The number of aryl methyl sites for hydroxylation is 1. The molecule has 2 atom stereocenters. The first-order valence-corrected chi connectivity index (χ1v) is 7.40. The fraction of sp³-hybridized carbons (Fsp3) is 0.800. The SMILES string of the molecule is CCCn1ncc(OC)c1C(NC)C(C)(CC)N(C)C. The zero-order valence-electron chi connectivity index (χ0n) is 14.0. The van der Waals surface area contributed by atoms with E-state index in [2.05, 4.69) is 54.9 Å². The molecule has 1 rings (SSSR count). The van der Waals surface area contributed by atoms with Crippen LogP contribution in [0, 0.1) is 0 Å². The lowest BCUT2D eigenvalue weighted by atomic mass is 9.85. The molecule has 1 heterocycles. The predicted octanol–water partition coefficient (Wildman–Crippen LogP) is 2.29. The van der Waals surface area contributed by atoms with E-state index in [-0.39, 0.29) is 11.6 Å². The third-order valence-electron chi connectivity index (χ3n) is 4.42. The first kappa shape index (κ1) is 17.0. The van der Waals surface area contributed by atoms with Crippen LogP contribution in [0.3, 0.4) is 0 Å². The minimum Gasteiger partial charge on any atom is -0.493 e. The Hall–Kier alpha value is -1.07. The van der Waals surface area contributed by atoms with E-state index in [0.717, 1.165) is 30.8 Å². The van der Waals surface area contributed by atoms with Crippen LogP contribution in [0.1, 0.15) is 45.3 Å². The second kappa shape index (κ2) is 7.09. The molecule has 0 bridgehead atoms. The van der Waals surface area contributed by atoms with Gasteiger partial charge in [-0.05, 0) is 40.9 Å². The quantitative estimate of drug-likeness (QED) is 0.794. The van der Waals surface area contributed by atoms with Crippen LogP contribution in [0.4, 0.5) is 0 Å². The van der Waals surface area contributed by atoms with Crippen LogP contribution in [0.2, 0.25) is 0 Å². The average Bonchev–Trinajstić information content (AvgIpc) is 2.82. The summed E-state index contributed by atoms with van der Waals surface area (Å²) < 4.78 is 7.60. The highest BCUT2D eigenvalue weighted by Crippen LogP contribution is 2.37. The van der Waals surface area contributed by atoms with Crippen molar-refractivity contribution in [1.29, 1.82) is 0 Å². The van der Waals surface area contributed by atoms with Crippen molar-refractivity contribution in [3.63, 3.8) is 0 Å². The summed E-state index contributed by atoms with van der Waals surface area (Å²) in [5, 5.41) is 7.95. The number of likely N-dealkylation sites (N-methyl/N-ethyl adjacent to an activating group) is 2. The summed E-state index contributed by atoms with van der Waals surface area (Å²) in [6, 6.07) is 0.159. The van der Waals surface area contributed by atoms with E-state index in [0.29, 0.717) is 0 Å². The molecule has 0 aliphatic heterocycles. The van der Waals surface area contributed by atoms with Gasteiger partial charge in [0, 0.05) is 12.1 Å². The summed E-state index contributed by atoms with van der Waals surface area (Å²) in [6.45, 7) is 7.57. The number of methoxy groups -OCH3 is 1. The van der Waals surface area contributed by atoms with Crippen molar-refractivity contribution in [2.45, 2.75) is 51.7 Å². The fourth-order valence-electron chi connectivity index (χ4n) is 2.74. The van der Waals surface area contributed by atoms with Crippen LogP contribution in [0.25, 0.3) is 0 Å². The number of aromatic nitrogens is 2. The van der Waals surface area contributed by atoms with Crippen LogP contribution < -0.4 is 10.1 Å². The zero-order valence-corrected chi connectivity index (χ0v) is 14.0. The van der Waals surface area contributed by atoms with Gasteiger partial charge in [-0.15, -0.1) is 0 Å². The molecular weight excluding hydrogens is 252 g/mol. The molecule has 0 fully saturated rings. The molecule has 5 heteroatoms. The lowest BCUT2D eigenvalue weighted by molar-refractivity contribution is 0.110. The molecule has 0 aromatic carbocycles. The van der Waals surface area contributed by atoms with Gasteiger partial charge in [-0.3, -0.25) is 4.68 Å². The van der Waals surface area contributed by atoms with Crippen molar-refractivity contribution in [3.05, 3.63) is 11.9 Å². The van der Waals surface area contributed by atoms with Crippen molar-refractivity contribution < 1.29 is 4.74 Å². The first-order chi connectivity index (χ1) is 9.46. The highest BCUT2D eigenvalue weighted by molar-refractivity contribution is 5.31. The summed E-state index contributed by atoms with van der Waals surface area (Å²) in [6.07, 6.45) is 3.91. The molecule has 1 aromatic rings. The van der Waals surface area contributed by atoms with Crippen molar-refractivity contribution in [3.8, 4) is 5.75 Å².